The Morgan fingerprint density at radius 2 is 2.18 bits per heavy atom. The van der Waals surface area contributed by atoms with Gasteiger partial charge >= 0.3 is 0 Å². The highest BCUT2D eigenvalue weighted by atomic mass is 35.5. The number of rotatable bonds is 3. The molecule has 1 aromatic carbocycles. The van der Waals surface area contributed by atoms with Gasteiger partial charge in [0.05, 0.1) is 22.7 Å². The van der Waals surface area contributed by atoms with Crippen LogP contribution in [0.5, 0.6) is 0 Å². The number of amides is 1. The molecule has 1 N–H and O–H groups in total. The number of benzene rings is 1. The lowest BCUT2D eigenvalue weighted by Crippen LogP contribution is -2.48. The summed E-state index contributed by atoms with van der Waals surface area (Å²) in [4.78, 5) is 20.2. The van der Waals surface area contributed by atoms with Crippen LogP contribution in [0.25, 0.3) is 11.1 Å². The minimum Gasteiger partial charge on any atom is -0.336 e. The lowest BCUT2D eigenvalue weighted by Gasteiger charge is -2.37. The fourth-order valence-electron chi connectivity index (χ4n) is 3.98. The van der Waals surface area contributed by atoms with E-state index < -0.39 is 0 Å². The van der Waals surface area contributed by atoms with Gasteiger partial charge < -0.3 is 14.7 Å². The first kappa shape index (κ1) is 17.6. The highest BCUT2D eigenvalue weighted by Crippen LogP contribution is 2.41. The molecule has 5 rings (SSSR count). The average Bonchev–Trinajstić information content (AvgIpc) is 3.50. The van der Waals surface area contributed by atoms with Crippen LogP contribution in [0.4, 0.5) is 0 Å². The maximum atomic E-state index is 13.7. The van der Waals surface area contributed by atoms with Crippen LogP contribution in [0.3, 0.4) is 0 Å². The van der Waals surface area contributed by atoms with E-state index in [1.165, 1.54) is 0 Å². The summed E-state index contributed by atoms with van der Waals surface area (Å²) in [6.07, 6.45) is 2.22. The van der Waals surface area contributed by atoms with Crippen LogP contribution in [-0.4, -0.2) is 40.6 Å². The summed E-state index contributed by atoms with van der Waals surface area (Å²) in [5.74, 6) is 0.417. The van der Waals surface area contributed by atoms with Gasteiger partial charge in [-0.25, -0.2) is 4.98 Å². The number of aryl methyl sites for hydroxylation is 1. The smallest absolute Gasteiger partial charge is 0.259 e. The summed E-state index contributed by atoms with van der Waals surface area (Å²) in [6.45, 7) is 3.93. The van der Waals surface area contributed by atoms with Crippen LogP contribution in [0.1, 0.15) is 52.1 Å². The number of aromatic nitrogens is 2. The number of hydrogen-bond acceptors (Lipinski definition) is 5. The van der Waals surface area contributed by atoms with Crippen LogP contribution < -0.4 is 5.32 Å². The Labute approximate surface area is 167 Å². The van der Waals surface area contributed by atoms with Crippen molar-refractivity contribution in [2.24, 2.45) is 0 Å². The molecule has 1 unspecified atom stereocenters. The Hall–Kier alpha value is -2.44. The summed E-state index contributed by atoms with van der Waals surface area (Å²) >= 11 is 6.20. The molecule has 1 aliphatic carbocycles. The molecule has 1 aliphatic heterocycles. The Kier molecular flexibility index (Phi) is 4.33. The first-order chi connectivity index (χ1) is 13.6. The number of piperazine rings is 1. The SMILES string of the molecule is Cc1noc2nc(C3CC3)cc(C(=O)N3CCNCC3c3cccc(Cl)c3)c12. The predicted molar refractivity (Wildman–Crippen MR) is 107 cm³/mol. The van der Waals surface area contributed by atoms with E-state index in [-0.39, 0.29) is 11.9 Å². The number of hydrogen-bond donors (Lipinski definition) is 1. The second kappa shape index (κ2) is 6.87. The molecule has 0 bridgehead atoms. The fourth-order valence-corrected chi connectivity index (χ4v) is 4.18. The van der Waals surface area contributed by atoms with E-state index in [2.05, 4.69) is 15.5 Å². The summed E-state index contributed by atoms with van der Waals surface area (Å²) in [5, 5.41) is 8.84. The van der Waals surface area contributed by atoms with Crippen LogP contribution in [0.15, 0.2) is 34.9 Å². The van der Waals surface area contributed by atoms with Crippen molar-refractivity contribution in [3.8, 4) is 0 Å². The van der Waals surface area contributed by atoms with Crippen molar-refractivity contribution in [3.63, 3.8) is 0 Å². The van der Waals surface area contributed by atoms with E-state index in [0.29, 0.717) is 41.0 Å². The molecular formula is C21H21ClN4O2. The lowest BCUT2D eigenvalue weighted by molar-refractivity contribution is 0.0636. The summed E-state index contributed by atoms with van der Waals surface area (Å²) in [7, 11) is 0. The van der Waals surface area contributed by atoms with Crippen molar-refractivity contribution in [2.45, 2.75) is 31.7 Å². The Balaban J connectivity index is 1.58. The number of carbonyl (C=O) groups is 1. The van der Waals surface area contributed by atoms with Gasteiger partial charge in [-0.2, -0.15) is 0 Å². The monoisotopic (exact) mass is 396 g/mol. The summed E-state index contributed by atoms with van der Waals surface area (Å²) < 4.78 is 5.41. The molecule has 2 aromatic heterocycles. The fraction of sp³-hybridized carbons (Fsp3) is 0.381. The van der Waals surface area contributed by atoms with Crippen molar-refractivity contribution >= 4 is 28.6 Å². The molecule has 1 saturated carbocycles. The predicted octanol–water partition coefficient (Wildman–Crippen LogP) is 3.85. The standard InChI is InChI=1S/C21H21ClN4O2/c1-12-19-16(10-17(13-5-6-13)24-20(19)28-25-12)21(27)26-8-7-23-11-18(26)14-3-2-4-15(22)9-14/h2-4,9-10,13,18,23H,5-8,11H2,1H3. The van der Waals surface area contributed by atoms with E-state index in [1.807, 2.05) is 42.2 Å². The number of nitrogens with zero attached hydrogens (tertiary/aromatic N) is 3. The molecule has 144 valence electrons. The summed E-state index contributed by atoms with van der Waals surface area (Å²) in [6, 6.07) is 9.60. The highest BCUT2D eigenvalue weighted by molar-refractivity contribution is 6.30. The third kappa shape index (κ3) is 3.06. The zero-order chi connectivity index (χ0) is 19.3. The minimum absolute atomic E-state index is 0.00734. The van der Waals surface area contributed by atoms with Gasteiger partial charge in [0, 0.05) is 36.3 Å². The zero-order valence-electron chi connectivity index (χ0n) is 15.6. The van der Waals surface area contributed by atoms with Crippen molar-refractivity contribution < 1.29 is 9.32 Å². The molecule has 6 nitrogen and oxygen atoms in total. The number of fused-ring (bicyclic) bond motifs is 1. The Morgan fingerprint density at radius 3 is 2.96 bits per heavy atom. The molecule has 3 heterocycles. The number of halogens is 1. The van der Waals surface area contributed by atoms with Gasteiger partial charge in [-0.05, 0) is 43.5 Å². The highest BCUT2D eigenvalue weighted by Gasteiger charge is 2.33. The second-order valence-electron chi connectivity index (χ2n) is 7.59. The molecule has 1 saturated heterocycles. The van der Waals surface area contributed by atoms with E-state index in [1.54, 1.807) is 0 Å². The molecule has 0 spiro atoms. The molecule has 1 amide bonds. The van der Waals surface area contributed by atoms with Crippen LogP contribution in [-0.2, 0) is 0 Å². The molecule has 28 heavy (non-hydrogen) atoms. The van der Waals surface area contributed by atoms with E-state index in [0.717, 1.165) is 36.0 Å². The van der Waals surface area contributed by atoms with Gasteiger partial charge in [0.2, 0.25) is 0 Å². The van der Waals surface area contributed by atoms with Crippen molar-refractivity contribution in [1.82, 2.24) is 20.4 Å². The van der Waals surface area contributed by atoms with E-state index in [4.69, 9.17) is 16.1 Å². The van der Waals surface area contributed by atoms with E-state index >= 15 is 0 Å². The normalized spacial score (nSPS) is 19.9. The molecule has 0 radical (unpaired) electrons. The van der Waals surface area contributed by atoms with E-state index in [9.17, 15) is 4.79 Å². The van der Waals surface area contributed by atoms with Crippen LogP contribution in [0, 0.1) is 6.92 Å². The quantitative estimate of drug-likeness (QED) is 0.728. The summed E-state index contributed by atoms with van der Waals surface area (Å²) in [5.41, 5.74) is 3.76. The van der Waals surface area contributed by atoms with Crippen LogP contribution in [0.2, 0.25) is 5.02 Å². The second-order valence-corrected chi connectivity index (χ2v) is 8.03. The largest absolute Gasteiger partial charge is 0.336 e. The molecule has 2 fully saturated rings. The van der Waals surface area contributed by atoms with Gasteiger partial charge in [0.25, 0.3) is 11.6 Å². The maximum Gasteiger partial charge on any atom is 0.259 e. The van der Waals surface area contributed by atoms with Crippen molar-refractivity contribution in [3.05, 3.63) is 57.9 Å². The average molecular weight is 397 g/mol. The lowest BCUT2D eigenvalue weighted by atomic mass is 10.0. The third-order valence-electron chi connectivity index (χ3n) is 5.60. The van der Waals surface area contributed by atoms with Gasteiger partial charge in [0.1, 0.15) is 0 Å². The maximum absolute atomic E-state index is 13.7. The third-order valence-corrected chi connectivity index (χ3v) is 5.84. The topological polar surface area (TPSA) is 71.3 Å². The molecule has 3 aromatic rings. The van der Waals surface area contributed by atoms with Gasteiger partial charge in [-0.15, -0.1) is 0 Å². The van der Waals surface area contributed by atoms with Crippen molar-refractivity contribution in [1.29, 1.82) is 0 Å². The molecule has 2 aliphatic rings. The van der Waals surface area contributed by atoms with Gasteiger partial charge in [-0.3, -0.25) is 4.79 Å². The first-order valence-corrected chi connectivity index (χ1v) is 10.0. The minimum atomic E-state index is -0.0762. The number of carbonyl (C=O) groups excluding carboxylic acids is 1. The number of nitrogens with one attached hydrogen (secondary N) is 1. The Morgan fingerprint density at radius 1 is 1.32 bits per heavy atom. The van der Waals surface area contributed by atoms with Gasteiger partial charge in [-0.1, -0.05) is 28.9 Å². The number of pyridine rings is 1. The first-order valence-electron chi connectivity index (χ1n) is 9.66. The zero-order valence-corrected chi connectivity index (χ0v) is 16.4. The molecule has 1 atom stereocenters. The molecular weight excluding hydrogens is 376 g/mol. The van der Waals surface area contributed by atoms with Gasteiger partial charge in [0.15, 0.2) is 0 Å². The van der Waals surface area contributed by atoms with Crippen molar-refractivity contribution in [2.75, 3.05) is 19.6 Å². The Bertz CT molecular complexity index is 1060. The van der Waals surface area contributed by atoms with Crippen LogP contribution >= 0.6 is 11.6 Å². The molecule has 7 heteroatoms.